The van der Waals surface area contributed by atoms with Crippen molar-refractivity contribution >= 4 is 23.6 Å². The van der Waals surface area contributed by atoms with Crippen LogP contribution in [0.1, 0.15) is 15.9 Å². The number of carboxylic acid groups (broad SMARTS) is 1. The van der Waals surface area contributed by atoms with E-state index in [0.29, 0.717) is 11.4 Å². The van der Waals surface area contributed by atoms with E-state index in [1.165, 1.54) is 56.8 Å². The van der Waals surface area contributed by atoms with Crippen LogP contribution >= 0.6 is 0 Å². The highest BCUT2D eigenvalue weighted by atomic mass is 16.6. The molecule has 2 rings (SSSR count). The van der Waals surface area contributed by atoms with Crippen LogP contribution in [0.15, 0.2) is 41.5 Å². The van der Waals surface area contributed by atoms with Crippen LogP contribution in [0.4, 0.5) is 11.4 Å². The lowest BCUT2D eigenvalue weighted by atomic mass is 10.1. The molecule has 9 heteroatoms. The lowest BCUT2D eigenvalue weighted by Gasteiger charge is -2.08. The number of nitro groups is 1. The standard InChI is InChI=1S/C16H15N3O6/c1-24-14-7-11(13(19(22)23)8-15(14)25-2)9-17-18-12-5-3-10(4-6-12)16(20)21/h3-9,18H,1-2H3,(H,20,21). The summed E-state index contributed by atoms with van der Waals surface area (Å²) in [6.07, 6.45) is 1.27. The molecule has 0 saturated carbocycles. The molecular formula is C16H15N3O6. The predicted octanol–water partition coefficient (Wildman–Crippen LogP) is 2.76. The third-order valence-electron chi connectivity index (χ3n) is 3.26. The zero-order valence-corrected chi connectivity index (χ0v) is 13.4. The number of methoxy groups -OCH3 is 2. The number of hydrogen-bond acceptors (Lipinski definition) is 7. The van der Waals surface area contributed by atoms with Crippen molar-refractivity contribution in [1.82, 2.24) is 0 Å². The van der Waals surface area contributed by atoms with E-state index in [1.807, 2.05) is 0 Å². The maximum atomic E-state index is 11.2. The van der Waals surface area contributed by atoms with Crippen molar-refractivity contribution < 1.29 is 24.3 Å². The van der Waals surface area contributed by atoms with Crippen LogP contribution in [-0.2, 0) is 0 Å². The highest BCUT2D eigenvalue weighted by Crippen LogP contribution is 2.33. The smallest absolute Gasteiger partial charge is 0.335 e. The van der Waals surface area contributed by atoms with Gasteiger partial charge in [-0.15, -0.1) is 0 Å². The minimum Gasteiger partial charge on any atom is -0.493 e. The Balaban J connectivity index is 2.24. The van der Waals surface area contributed by atoms with E-state index in [9.17, 15) is 14.9 Å². The predicted molar refractivity (Wildman–Crippen MR) is 90.8 cm³/mol. The van der Waals surface area contributed by atoms with Gasteiger partial charge in [0.05, 0.1) is 48.2 Å². The number of anilines is 1. The molecule has 0 fully saturated rings. The largest absolute Gasteiger partial charge is 0.493 e. The van der Waals surface area contributed by atoms with Crippen LogP contribution in [0.2, 0.25) is 0 Å². The molecule has 0 saturated heterocycles. The summed E-state index contributed by atoms with van der Waals surface area (Å²) in [7, 11) is 2.81. The van der Waals surface area contributed by atoms with E-state index >= 15 is 0 Å². The van der Waals surface area contributed by atoms with Gasteiger partial charge in [-0.3, -0.25) is 15.5 Å². The zero-order valence-electron chi connectivity index (χ0n) is 13.4. The first-order chi connectivity index (χ1) is 12.0. The number of carboxylic acids is 1. The number of nitrogens with zero attached hydrogens (tertiary/aromatic N) is 2. The molecule has 2 aromatic carbocycles. The Labute approximate surface area is 142 Å². The fourth-order valence-corrected chi connectivity index (χ4v) is 2.01. The number of hydrazone groups is 1. The summed E-state index contributed by atoms with van der Waals surface area (Å²) in [6.45, 7) is 0. The molecular weight excluding hydrogens is 330 g/mol. The van der Waals surface area contributed by atoms with Gasteiger partial charge < -0.3 is 14.6 Å². The third kappa shape index (κ3) is 4.22. The Morgan fingerprint density at radius 1 is 1.20 bits per heavy atom. The van der Waals surface area contributed by atoms with Crippen LogP contribution in [0.25, 0.3) is 0 Å². The first-order valence-electron chi connectivity index (χ1n) is 6.99. The Hall–Kier alpha value is -3.62. The van der Waals surface area contributed by atoms with Gasteiger partial charge in [-0.2, -0.15) is 5.10 Å². The lowest BCUT2D eigenvalue weighted by Crippen LogP contribution is -2.00. The first kappa shape index (κ1) is 17.7. The van der Waals surface area contributed by atoms with Crippen LogP contribution in [-0.4, -0.2) is 36.4 Å². The Morgan fingerprint density at radius 2 is 1.80 bits per heavy atom. The molecule has 2 aromatic rings. The van der Waals surface area contributed by atoms with Crippen molar-refractivity contribution in [3.63, 3.8) is 0 Å². The fourth-order valence-electron chi connectivity index (χ4n) is 2.01. The highest BCUT2D eigenvalue weighted by Gasteiger charge is 2.18. The summed E-state index contributed by atoms with van der Waals surface area (Å²) >= 11 is 0. The molecule has 2 N–H and O–H groups in total. The van der Waals surface area contributed by atoms with Gasteiger partial charge in [0.1, 0.15) is 0 Å². The van der Waals surface area contributed by atoms with Gasteiger partial charge in [0.25, 0.3) is 5.69 Å². The number of hydrogen-bond donors (Lipinski definition) is 2. The third-order valence-corrected chi connectivity index (χ3v) is 3.26. The minimum atomic E-state index is -1.03. The number of nitro benzene ring substituents is 1. The number of rotatable bonds is 7. The monoisotopic (exact) mass is 345 g/mol. The minimum absolute atomic E-state index is 0.144. The van der Waals surface area contributed by atoms with Crippen LogP contribution in [0.3, 0.4) is 0 Å². The molecule has 130 valence electrons. The van der Waals surface area contributed by atoms with Gasteiger partial charge in [-0.05, 0) is 30.3 Å². The van der Waals surface area contributed by atoms with Gasteiger partial charge in [-0.25, -0.2) is 4.79 Å². The topological polar surface area (TPSA) is 123 Å². The fraction of sp³-hybridized carbons (Fsp3) is 0.125. The average Bonchev–Trinajstić information content (AvgIpc) is 2.61. The van der Waals surface area contributed by atoms with Crippen molar-refractivity contribution in [3.05, 3.63) is 57.6 Å². The molecule has 0 spiro atoms. The molecule has 0 aliphatic rings. The van der Waals surface area contributed by atoms with E-state index in [4.69, 9.17) is 14.6 Å². The number of aromatic carboxylic acids is 1. The molecule has 25 heavy (non-hydrogen) atoms. The van der Waals surface area contributed by atoms with Crippen LogP contribution in [0, 0.1) is 10.1 Å². The number of nitrogens with one attached hydrogen (secondary N) is 1. The van der Waals surface area contributed by atoms with E-state index < -0.39 is 10.9 Å². The maximum Gasteiger partial charge on any atom is 0.335 e. The van der Waals surface area contributed by atoms with Crippen LogP contribution < -0.4 is 14.9 Å². The summed E-state index contributed by atoms with van der Waals surface area (Å²) in [6, 6.07) is 8.59. The van der Waals surface area contributed by atoms with E-state index in [-0.39, 0.29) is 22.6 Å². The Kier molecular flexibility index (Phi) is 5.51. The molecule has 0 radical (unpaired) electrons. The molecule has 0 bridgehead atoms. The van der Waals surface area contributed by atoms with Gasteiger partial charge in [0.2, 0.25) is 0 Å². The normalized spacial score (nSPS) is 10.5. The van der Waals surface area contributed by atoms with E-state index in [0.717, 1.165) is 0 Å². The maximum absolute atomic E-state index is 11.2. The highest BCUT2D eigenvalue weighted by molar-refractivity contribution is 5.88. The van der Waals surface area contributed by atoms with E-state index in [1.54, 1.807) is 0 Å². The van der Waals surface area contributed by atoms with Gasteiger partial charge in [-0.1, -0.05) is 0 Å². The second-order valence-corrected chi connectivity index (χ2v) is 4.78. The summed E-state index contributed by atoms with van der Waals surface area (Å²) < 4.78 is 10.2. The Bertz CT molecular complexity index is 817. The molecule has 0 heterocycles. The zero-order chi connectivity index (χ0) is 18.4. The second kappa shape index (κ2) is 7.77. The molecule has 0 atom stereocenters. The van der Waals surface area contributed by atoms with Crippen molar-refractivity contribution in [2.45, 2.75) is 0 Å². The molecule has 0 aromatic heterocycles. The number of carbonyl (C=O) groups is 1. The Morgan fingerprint density at radius 3 is 2.32 bits per heavy atom. The molecule has 9 nitrogen and oxygen atoms in total. The van der Waals surface area contributed by atoms with Gasteiger partial charge in [0, 0.05) is 0 Å². The summed E-state index contributed by atoms with van der Waals surface area (Å²) in [5.41, 5.74) is 3.38. The van der Waals surface area contributed by atoms with Gasteiger partial charge in [0.15, 0.2) is 11.5 Å². The quantitative estimate of drug-likeness (QED) is 0.449. The summed E-state index contributed by atoms with van der Waals surface area (Å²) in [4.78, 5) is 21.4. The van der Waals surface area contributed by atoms with Crippen molar-refractivity contribution in [3.8, 4) is 11.5 Å². The SMILES string of the molecule is COc1cc(C=NNc2ccc(C(=O)O)cc2)c([N+](=O)[O-])cc1OC. The van der Waals surface area contributed by atoms with Crippen molar-refractivity contribution in [2.75, 3.05) is 19.6 Å². The first-order valence-corrected chi connectivity index (χ1v) is 6.99. The molecule has 0 unspecified atom stereocenters. The van der Waals surface area contributed by atoms with Crippen molar-refractivity contribution in [2.24, 2.45) is 5.10 Å². The molecule has 0 amide bonds. The van der Waals surface area contributed by atoms with Gasteiger partial charge >= 0.3 is 5.97 Å². The second-order valence-electron chi connectivity index (χ2n) is 4.78. The number of benzene rings is 2. The summed E-state index contributed by atoms with van der Waals surface area (Å²) in [5, 5.41) is 24.0. The van der Waals surface area contributed by atoms with E-state index in [2.05, 4.69) is 10.5 Å². The molecule has 0 aliphatic carbocycles. The molecule has 0 aliphatic heterocycles. The summed E-state index contributed by atoms with van der Waals surface area (Å²) in [5.74, 6) is -0.458. The number of ether oxygens (including phenoxy) is 2. The average molecular weight is 345 g/mol. The van der Waals surface area contributed by atoms with Crippen molar-refractivity contribution in [1.29, 1.82) is 0 Å². The lowest BCUT2D eigenvalue weighted by molar-refractivity contribution is -0.385. The van der Waals surface area contributed by atoms with Crippen LogP contribution in [0.5, 0.6) is 11.5 Å².